The molecule has 0 saturated heterocycles. The van der Waals surface area contributed by atoms with Gasteiger partial charge in [0.15, 0.2) is 23.4 Å². The van der Waals surface area contributed by atoms with Gasteiger partial charge in [-0.1, -0.05) is 6.07 Å². The molecule has 2 aromatic rings. The first-order valence-electron chi connectivity index (χ1n) is 9.34. The van der Waals surface area contributed by atoms with Gasteiger partial charge in [-0.3, -0.25) is 0 Å². The molecule has 0 amide bonds. The number of halogens is 3. The molecule has 0 fully saturated rings. The highest BCUT2D eigenvalue weighted by Crippen LogP contribution is 2.15. The van der Waals surface area contributed by atoms with Gasteiger partial charge in [-0.2, -0.15) is 0 Å². The monoisotopic (exact) mass is 522 g/mol. The van der Waals surface area contributed by atoms with Crippen molar-refractivity contribution in [3.63, 3.8) is 0 Å². The normalized spacial score (nSPS) is 12.4. The highest BCUT2D eigenvalue weighted by molar-refractivity contribution is 14.0. The number of guanidine groups is 1. The Morgan fingerprint density at radius 2 is 2.03 bits per heavy atom. The molecule has 0 spiro atoms. The molecule has 0 bridgehead atoms. The highest BCUT2D eigenvalue weighted by atomic mass is 127. The summed E-state index contributed by atoms with van der Waals surface area (Å²) in [5.74, 6) is 0.350. The Bertz CT molecular complexity index is 799. The largest absolute Gasteiger partial charge is 0.382 e. The molecular formula is C19H29F2IN6O. The van der Waals surface area contributed by atoms with Crippen LogP contribution in [0.15, 0.2) is 23.2 Å². The number of aliphatic imine (C=N–C) groups is 1. The summed E-state index contributed by atoms with van der Waals surface area (Å²) in [5.41, 5.74) is 0.622. The Balaban J connectivity index is 0.00000420. The number of nitrogens with one attached hydrogen (secondary N) is 2. The van der Waals surface area contributed by atoms with Crippen LogP contribution in [0.25, 0.3) is 0 Å². The molecule has 162 valence electrons. The van der Waals surface area contributed by atoms with Crippen molar-refractivity contribution >= 4 is 29.9 Å². The summed E-state index contributed by atoms with van der Waals surface area (Å²) in [4.78, 5) is 4.55. The zero-order chi connectivity index (χ0) is 20.5. The highest BCUT2D eigenvalue weighted by Gasteiger charge is 2.12. The maximum absolute atomic E-state index is 13.5. The van der Waals surface area contributed by atoms with Gasteiger partial charge >= 0.3 is 0 Å². The second kappa shape index (κ2) is 12.7. The van der Waals surface area contributed by atoms with Crippen LogP contribution in [0.3, 0.4) is 0 Å². The molecule has 7 nitrogen and oxygen atoms in total. The summed E-state index contributed by atoms with van der Waals surface area (Å²) in [5, 5.41) is 14.6. The molecular weight excluding hydrogens is 493 g/mol. The lowest BCUT2D eigenvalue weighted by Gasteiger charge is -2.19. The third-order valence-electron chi connectivity index (χ3n) is 4.32. The molecule has 1 heterocycles. The van der Waals surface area contributed by atoms with E-state index in [0.29, 0.717) is 37.8 Å². The van der Waals surface area contributed by atoms with Crippen molar-refractivity contribution < 1.29 is 13.5 Å². The van der Waals surface area contributed by atoms with Crippen LogP contribution in [0.2, 0.25) is 0 Å². The number of ether oxygens (including phenoxy) is 1. The van der Waals surface area contributed by atoms with Crippen molar-refractivity contribution in [3.05, 3.63) is 47.0 Å². The van der Waals surface area contributed by atoms with Crippen molar-refractivity contribution in [2.45, 2.75) is 39.8 Å². The van der Waals surface area contributed by atoms with Crippen LogP contribution in [0, 0.1) is 18.6 Å². The molecule has 1 atom stereocenters. The SMILES string of the molecule is CCOCCCNC(=NCc1nnc(C)n1C)NC(C)c1ccc(F)c(F)c1.I. The maximum atomic E-state index is 13.5. The zero-order valence-electron chi connectivity index (χ0n) is 17.2. The van der Waals surface area contributed by atoms with E-state index < -0.39 is 11.6 Å². The molecule has 0 aliphatic carbocycles. The Morgan fingerprint density at radius 3 is 2.66 bits per heavy atom. The van der Waals surface area contributed by atoms with E-state index in [1.807, 2.05) is 32.4 Å². The summed E-state index contributed by atoms with van der Waals surface area (Å²) in [6, 6.07) is 3.59. The van der Waals surface area contributed by atoms with Gasteiger partial charge in [0.05, 0.1) is 6.04 Å². The summed E-state index contributed by atoms with van der Waals surface area (Å²) in [7, 11) is 1.88. The molecule has 1 aromatic heterocycles. The van der Waals surface area contributed by atoms with Crippen molar-refractivity contribution in [3.8, 4) is 0 Å². The molecule has 1 unspecified atom stereocenters. The smallest absolute Gasteiger partial charge is 0.192 e. The summed E-state index contributed by atoms with van der Waals surface area (Å²) < 4.78 is 33.9. The van der Waals surface area contributed by atoms with Gasteiger partial charge in [0.25, 0.3) is 0 Å². The molecule has 1 aromatic carbocycles. The second-order valence-corrected chi connectivity index (χ2v) is 6.40. The van der Waals surface area contributed by atoms with E-state index in [-0.39, 0.29) is 30.0 Å². The lowest BCUT2D eigenvalue weighted by molar-refractivity contribution is 0.145. The molecule has 29 heavy (non-hydrogen) atoms. The number of nitrogens with zero attached hydrogens (tertiary/aromatic N) is 4. The van der Waals surface area contributed by atoms with Crippen LogP contribution in [0.5, 0.6) is 0 Å². The van der Waals surface area contributed by atoms with Gasteiger partial charge in [-0.15, -0.1) is 34.2 Å². The first-order valence-corrected chi connectivity index (χ1v) is 9.34. The quantitative estimate of drug-likeness (QED) is 0.229. The third-order valence-corrected chi connectivity index (χ3v) is 4.32. The molecule has 0 aliphatic rings. The second-order valence-electron chi connectivity index (χ2n) is 6.40. The fourth-order valence-electron chi connectivity index (χ4n) is 2.49. The van der Waals surface area contributed by atoms with E-state index in [1.165, 1.54) is 6.07 Å². The first kappa shape index (κ1) is 25.2. The number of hydrogen-bond acceptors (Lipinski definition) is 4. The van der Waals surface area contributed by atoms with Crippen molar-refractivity contribution in [1.29, 1.82) is 0 Å². The Morgan fingerprint density at radius 1 is 1.28 bits per heavy atom. The fraction of sp³-hybridized carbons (Fsp3) is 0.526. The van der Waals surface area contributed by atoms with Crippen LogP contribution in [0.4, 0.5) is 8.78 Å². The predicted octanol–water partition coefficient (Wildman–Crippen LogP) is 3.24. The van der Waals surface area contributed by atoms with E-state index in [2.05, 4.69) is 25.8 Å². The maximum Gasteiger partial charge on any atom is 0.192 e. The summed E-state index contributed by atoms with van der Waals surface area (Å²) in [6.45, 7) is 8.01. The van der Waals surface area contributed by atoms with E-state index in [9.17, 15) is 8.78 Å². The Kier molecular flexibility index (Phi) is 11.0. The van der Waals surface area contributed by atoms with Gasteiger partial charge in [-0.25, -0.2) is 13.8 Å². The molecule has 0 saturated carbocycles. The van der Waals surface area contributed by atoms with E-state index in [4.69, 9.17) is 4.74 Å². The minimum atomic E-state index is -0.871. The van der Waals surface area contributed by atoms with Crippen LogP contribution in [-0.2, 0) is 18.3 Å². The van der Waals surface area contributed by atoms with Gasteiger partial charge in [0.1, 0.15) is 12.4 Å². The number of aryl methyl sites for hydroxylation is 1. The minimum absolute atomic E-state index is 0. The molecule has 2 rings (SSSR count). The lowest BCUT2D eigenvalue weighted by Crippen LogP contribution is -2.39. The van der Waals surface area contributed by atoms with E-state index in [0.717, 1.165) is 24.1 Å². The Labute approximate surface area is 187 Å². The molecule has 0 radical (unpaired) electrons. The summed E-state index contributed by atoms with van der Waals surface area (Å²) in [6.07, 6.45) is 0.817. The number of rotatable bonds is 9. The third kappa shape index (κ3) is 7.84. The van der Waals surface area contributed by atoms with Crippen molar-refractivity contribution in [2.75, 3.05) is 19.8 Å². The van der Waals surface area contributed by atoms with E-state index in [1.54, 1.807) is 6.07 Å². The molecule has 10 heteroatoms. The standard InChI is InChI=1S/C19H28F2N6O.HI/c1-5-28-10-6-9-22-19(23-12-18-26-25-14(3)27(18)4)24-13(2)15-7-8-16(20)17(21)11-15;/h7-8,11,13H,5-6,9-10,12H2,1-4H3,(H2,22,23,24);1H. The molecule has 2 N–H and O–H groups in total. The average Bonchev–Trinajstić information content (AvgIpc) is 2.99. The molecule has 0 aliphatic heterocycles. The number of aromatic nitrogens is 3. The van der Waals surface area contributed by atoms with Gasteiger partial charge < -0.3 is 19.9 Å². The van der Waals surface area contributed by atoms with Crippen molar-refractivity contribution in [2.24, 2.45) is 12.0 Å². The minimum Gasteiger partial charge on any atom is -0.382 e. The zero-order valence-corrected chi connectivity index (χ0v) is 19.5. The van der Waals surface area contributed by atoms with Crippen LogP contribution in [0.1, 0.15) is 43.5 Å². The van der Waals surface area contributed by atoms with Crippen LogP contribution < -0.4 is 10.6 Å². The predicted molar refractivity (Wildman–Crippen MR) is 119 cm³/mol. The fourth-order valence-corrected chi connectivity index (χ4v) is 2.49. The van der Waals surface area contributed by atoms with Crippen LogP contribution in [-0.4, -0.2) is 40.5 Å². The van der Waals surface area contributed by atoms with E-state index >= 15 is 0 Å². The first-order chi connectivity index (χ1) is 13.4. The van der Waals surface area contributed by atoms with Crippen LogP contribution >= 0.6 is 24.0 Å². The van der Waals surface area contributed by atoms with Gasteiger partial charge in [0, 0.05) is 26.8 Å². The van der Waals surface area contributed by atoms with Gasteiger partial charge in [0.2, 0.25) is 0 Å². The lowest BCUT2D eigenvalue weighted by atomic mass is 10.1. The number of benzene rings is 1. The summed E-state index contributed by atoms with van der Waals surface area (Å²) >= 11 is 0. The van der Waals surface area contributed by atoms with Gasteiger partial charge in [-0.05, 0) is 44.9 Å². The average molecular weight is 522 g/mol. The topological polar surface area (TPSA) is 76.4 Å². The van der Waals surface area contributed by atoms with Crippen molar-refractivity contribution in [1.82, 2.24) is 25.4 Å². The number of hydrogen-bond donors (Lipinski definition) is 2. The Hall–Kier alpha value is -1.82.